The molecule has 0 spiro atoms. The molecule has 6 nitrogen and oxygen atoms in total. The summed E-state index contributed by atoms with van der Waals surface area (Å²) < 4.78 is 10.7. The van der Waals surface area contributed by atoms with Gasteiger partial charge in [0.05, 0.1) is 13.7 Å². The zero-order chi connectivity index (χ0) is 18.5. The van der Waals surface area contributed by atoms with Crippen molar-refractivity contribution < 1.29 is 9.26 Å². The first-order valence-corrected chi connectivity index (χ1v) is 9.26. The molecule has 140 valence electrons. The first kappa shape index (κ1) is 17.7. The Labute approximate surface area is 159 Å². The Hall–Kier alpha value is -2.70. The van der Waals surface area contributed by atoms with Crippen molar-refractivity contribution in [1.29, 1.82) is 0 Å². The molecule has 27 heavy (non-hydrogen) atoms. The van der Waals surface area contributed by atoms with Crippen LogP contribution in [0.15, 0.2) is 59.1 Å². The number of hydrogen-bond donors (Lipinski definition) is 0. The Bertz CT molecular complexity index is 840. The minimum Gasteiger partial charge on any atom is -0.497 e. The highest BCUT2D eigenvalue weighted by Gasteiger charge is 2.19. The SMILES string of the molecule is COc1ccc(CN2CCN(Cc3nc(-c4ccccc4)no3)CC2)cc1. The number of methoxy groups -OCH3 is 1. The van der Waals surface area contributed by atoms with Crippen molar-refractivity contribution >= 4 is 0 Å². The summed E-state index contributed by atoms with van der Waals surface area (Å²) in [5.41, 5.74) is 2.30. The van der Waals surface area contributed by atoms with Gasteiger partial charge in [0, 0.05) is 38.3 Å². The van der Waals surface area contributed by atoms with Crippen molar-refractivity contribution in [1.82, 2.24) is 19.9 Å². The summed E-state index contributed by atoms with van der Waals surface area (Å²) in [6, 6.07) is 18.2. The maximum atomic E-state index is 5.44. The Morgan fingerprint density at radius 3 is 2.22 bits per heavy atom. The maximum absolute atomic E-state index is 5.44. The smallest absolute Gasteiger partial charge is 0.241 e. The number of piperazine rings is 1. The average molecular weight is 364 g/mol. The van der Waals surface area contributed by atoms with Crippen LogP contribution in [-0.4, -0.2) is 53.2 Å². The lowest BCUT2D eigenvalue weighted by Crippen LogP contribution is -2.45. The van der Waals surface area contributed by atoms with Crippen LogP contribution >= 0.6 is 0 Å². The summed E-state index contributed by atoms with van der Waals surface area (Å²) in [6.07, 6.45) is 0. The van der Waals surface area contributed by atoms with Crippen LogP contribution in [0.3, 0.4) is 0 Å². The zero-order valence-electron chi connectivity index (χ0n) is 15.5. The van der Waals surface area contributed by atoms with Crippen molar-refractivity contribution in [2.45, 2.75) is 13.1 Å². The van der Waals surface area contributed by atoms with Gasteiger partial charge in [0.25, 0.3) is 0 Å². The summed E-state index contributed by atoms with van der Waals surface area (Å²) in [7, 11) is 1.69. The van der Waals surface area contributed by atoms with Gasteiger partial charge in [-0.2, -0.15) is 4.98 Å². The first-order chi connectivity index (χ1) is 13.3. The molecule has 6 heteroatoms. The second kappa shape index (κ2) is 8.33. The molecule has 0 unspecified atom stereocenters. The highest BCUT2D eigenvalue weighted by molar-refractivity contribution is 5.53. The highest BCUT2D eigenvalue weighted by atomic mass is 16.5. The summed E-state index contributed by atoms with van der Waals surface area (Å²) in [6.45, 7) is 5.74. The molecule has 1 fully saturated rings. The fourth-order valence-electron chi connectivity index (χ4n) is 3.31. The Kier molecular flexibility index (Phi) is 5.46. The van der Waals surface area contributed by atoms with Gasteiger partial charge >= 0.3 is 0 Å². The van der Waals surface area contributed by atoms with E-state index in [0.717, 1.165) is 44.0 Å². The van der Waals surface area contributed by atoms with Crippen LogP contribution in [0.1, 0.15) is 11.5 Å². The lowest BCUT2D eigenvalue weighted by Gasteiger charge is -2.33. The summed E-state index contributed by atoms with van der Waals surface area (Å²) in [4.78, 5) is 9.37. The molecule has 0 bridgehead atoms. The minimum absolute atomic E-state index is 0.656. The van der Waals surface area contributed by atoms with Crippen LogP contribution in [0.5, 0.6) is 5.75 Å². The third-order valence-electron chi connectivity index (χ3n) is 4.89. The zero-order valence-corrected chi connectivity index (χ0v) is 15.5. The molecule has 0 atom stereocenters. The van der Waals surface area contributed by atoms with Crippen LogP contribution in [0.25, 0.3) is 11.4 Å². The molecule has 2 heterocycles. The number of ether oxygens (including phenoxy) is 1. The Morgan fingerprint density at radius 1 is 0.889 bits per heavy atom. The number of aromatic nitrogens is 2. The van der Waals surface area contributed by atoms with E-state index in [1.165, 1.54) is 5.56 Å². The number of nitrogens with zero attached hydrogens (tertiary/aromatic N) is 4. The van der Waals surface area contributed by atoms with E-state index in [-0.39, 0.29) is 0 Å². The van der Waals surface area contributed by atoms with E-state index < -0.39 is 0 Å². The average Bonchev–Trinajstić information content (AvgIpc) is 3.19. The van der Waals surface area contributed by atoms with Crippen LogP contribution in [0, 0.1) is 0 Å². The topological polar surface area (TPSA) is 54.6 Å². The Morgan fingerprint density at radius 2 is 1.56 bits per heavy atom. The maximum Gasteiger partial charge on any atom is 0.241 e. The third kappa shape index (κ3) is 4.53. The molecule has 1 saturated heterocycles. The summed E-state index contributed by atoms with van der Waals surface area (Å²) in [5, 5.41) is 4.10. The molecule has 0 saturated carbocycles. The molecule has 1 aliphatic heterocycles. The predicted molar refractivity (Wildman–Crippen MR) is 103 cm³/mol. The first-order valence-electron chi connectivity index (χ1n) is 9.26. The predicted octanol–water partition coefficient (Wildman–Crippen LogP) is 3.06. The lowest BCUT2D eigenvalue weighted by atomic mass is 10.2. The van der Waals surface area contributed by atoms with Gasteiger partial charge in [-0.1, -0.05) is 47.6 Å². The van der Waals surface area contributed by atoms with Gasteiger partial charge < -0.3 is 9.26 Å². The molecule has 4 rings (SSSR count). The van der Waals surface area contributed by atoms with Crippen LogP contribution in [0.2, 0.25) is 0 Å². The second-order valence-electron chi connectivity index (χ2n) is 6.78. The minimum atomic E-state index is 0.656. The molecule has 0 radical (unpaired) electrons. The molecule has 0 N–H and O–H groups in total. The molecule has 1 aliphatic rings. The molecule has 2 aromatic carbocycles. The van der Waals surface area contributed by atoms with Gasteiger partial charge in [0.1, 0.15) is 5.75 Å². The number of hydrogen-bond acceptors (Lipinski definition) is 6. The van der Waals surface area contributed by atoms with Gasteiger partial charge in [-0.25, -0.2) is 0 Å². The molecule has 1 aromatic heterocycles. The largest absolute Gasteiger partial charge is 0.497 e. The van der Waals surface area contributed by atoms with E-state index in [2.05, 4.69) is 32.1 Å². The van der Waals surface area contributed by atoms with Gasteiger partial charge in [0.2, 0.25) is 11.7 Å². The molecule has 0 aliphatic carbocycles. The molecular weight excluding hydrogens is 340 g/mol. The monoisotopic (exact) mass is 364 g/mol. The summed E-state index contributed by atoms with van der Waals surface area (Å²) in [5.74, 6) is 2.24. The van der Waals surface area contributed by atoms with Crippen molar-refractivity contribution in [3.63, 3.8) is 0 Å². The van der Waals surface area contributed by atoms with E-state index in [4.69, 9.17) is 9.26 Å². The van der Waals surface area contributed by atoms with Crippen LogP contribution in [0.4, 0.5) is 0 Å². The normalized spacial score (nSPS) is 15.7. The highest BCUT2D eigenvalue weighted by Crippen LogP contribution is 2.17. The standard InChI is InChI=1S/C21H24N4O2/c1-26-19-9-7-17(8-10-19)15-24-11-13-25(14-12-24)16-20-22-21(23-27-20)18-5-3-2-4-6-18/h2-10H,11-16H2,1H3. The molecule has 3 aromatic rings. The second-order valence-corrected chi connectivity index (χ2v) is 6.78. The van der Waals surface area contributed by atoms with E-state index in [9.17, 15) is 0 Å². The van der Waals surface area contributed by atoms with E-state index in [0.29, 0.717) is 18.3 Å². The van der Waals surface area contributed by atoms with E-state index in [1.807, 2.05) is 42.5 Å². The van der Waals surface area contributed by atoms with Crippen LogP contribution in [-0.2, 0) is 13.1 Å². The molecular formula is C21H24N4O2. The van der Waals surface area contributed by atoms with Crippen molar-refractivity contribution in [3.8, 4) is 17.1 Å². The quantitative estimate of drug-likeness (QED) is 0.670. The number of benzene rings is 2. The number of rotatable bonds is 6. The Balaban J connectivity index is 1.27. The molecule has 0 amide bonds. The van der Waals surface area contributed by atoms with Crippen molar-refractivity contribution in [3.05, 3.63) is 66.1 Å². The fraction of sp³-hybridized carbons (Fsp3) is 0.333. The fourth-order valence-corrected chi connectivity index (χ4v) is 3.31. The van der Waals surface area contributed by atoms with E-state index in [1.54, 1.807) is 7.11 Å². The van der Waals surface area contributed by atoms with Crippen LogP contribution < -0.4 is 4.74 Å². The van der Waals surface area contributed by atoms with Gasteiger partial charge in [-0.05, 0) is 17.7 Å². The van der Waals surface area contributed by atoms with Crippen molar-refractivity contribution in [2.75, 3.05) is 33.3 Å². The van der Waals surface area contributed by atoms with Crippen molar-refractivity contribution in [2.24, 2.45) is 0 Å². The third-order valence-corrected chi connectivity index (χ3v) is 4.89. The van der Waals surface area contributed by atoms with Gasteiger partial charge in [-0.15, -0.1) is 0 Å². The summed E-state index contributed by atoms with van der Waals surface area (Å²) >= 11 is 0. The van der Waals surface area contributed by atoms with Gasteiger partial charge in [-0.3, -0.25) is 9.80 Å². The lowest BCUT2D eigenvalue weighted by molar-refractivity contribution is 0.112. The van der Waals surface area contributed by atoms with E-state index >= 15 is 0 Å². The van der Waals surface area contributed by atoms with Gasteiger partial charge in [0.15, 0.2) is 0 Å².